The largest absolute Gasteiger partial charge is 0.392 e. The molecule has 0 aliphatic rings. The summed E-state index contributed by atoms with van der Waals surface area (Å²) in [5, 5.41) is 9.67. The zero-order chi connectivity index (χ0) is 14.5. The number of benzene rings is 1. The maximum atomic E-state index is 11.6. The Morgan fingerprint density at radius 3 is 2.85 bits per heavy atom. The van der Waals surface area contributed by atoms with Crippen molar-refractivity contribution in [3.05, 3.63) is 50.3 Å². The van der Waals surface area contributed by atoms with Gasteiger partial charge >= 0.3 is 0 Å². The van der Waals surface area contributed by atoms with Gasteiger partial charge in [0.15, 0.2) is 5.16 Å². The van der Waals surface area contributed by atoms with Crippen LogP contribution in [-0.2, 0) is 13.0 Å². The quantitative estimate of drug-likeness (QED) is 0.809. The van der Waals surface area contributed by atoms with Crippen LogP contribution in [0.1, 0.15) is 24.6 Å². The molecule has 0 atom stereocenters. The molecule has 0 saturated heterocycles. The number of nitrogens with zero attached hydrogens (tertiary/aromatic N) is 1. The third kappa shape index (κ3) is 3.94. The van der Waals surface area contributed by atoms with Crippen molar-refractivity contribution in [2.75, 3.05) is 0 Å². The molecule has 2 N–H and O–H groups in total. The molecule has 0 amide bonds. The number of aliphatic hydroxyl groups is 1. The minimum absolute atomic E-state index is 0.00458. The van der Waals surface area contributed by atoms with Crippen molar-refractivity contribution in [3.63, 3.8) is 0 Å². The molecule has 0 spiro atoms. The van der Waals surface area contributed by atoms with Crippen LogP contribution in [0.3, 0.4) is 0 Å². The van der Waals surface area contributed by atoms with Crippen molar-refractivity contribution in [3.8, 4) is 0 Å². The van der Waals surface area contributed by atoms with Crippen LogP contribution >= 0.6 is 27.7 Å². The lowest BCUT2D eigenvalue weighted by Gasteiger charge is -2.06. The molecule has 0 radical (unpaired) electrons. The molecule has 0 saturated carbocycles. The van der Waals surface area contributed by atoms with Crippen LogP contribution in [0.25, 0.3) is 0 Å². The fourth-order valence-electron chi connectivity index (χ4n) is 1.75. The maximum absolute atomic E-state index is 11.6. The van der Waals surface area contributed by atoms with Gasteiger partial charge in [0.2, 0.25) is 0 Å². The minimum atomic E-state index is -0.131. The van der Waals surface area contributed by atoms with Gasteiger partial charge in [0.05, 0.1) is 6.61 Å². The van der Waals surface area contributed by atoms with Crippen molar-refractivity contribution in [2.24, 2.45) is 0 Å². The summed E-state index contributed by atoms with van der Waals surface area (Å²) in [6.45, 7) is 2.06. The van der Waals surface area contributed by atoms with Crippen LogP contribution in [0.15, 0.2) is 43.6 Å². The summed E-state index contributed by atoms with van der Waals surface area (Å²) in [5.74, 6) is 0. The molecule has 106 valence electrons. The number of hydrogen-bond donors (Lipinski definition) is 2. The fraction of sp³-hybridized carbons (Fsp3) is 0.286. The normalized spacial score (nSPS) is 10.8. The van der Waals surface area contributed by atoms with E-state index in [1.807, 2.05) is 18.2 Å². The summed E-state index contributed by atoms with van der Waals surface area (Å²) in [6, 6.07) is 7.14. The van der Waals surface area contributed by atoms with Crippen LogP contribution in [0.5, 0.6) is 0 Å². The molecular weight excluding hydrogens is 340 g/mol. The number of rotatable bonds is 5. The summed E-state index contributed by atoms with van der Waals surface area (Å²) in [7, 11) is 0. The topological polar surface area (TPSA) is 66.0 Å². The molecule has 0 unspecified atom stereocenters. The van der Waals surface area contributed by atoms with E-state index in [-0.39, 0.29) is 12.2 Å². The number of aliphatic hydroxyl groups excluding tert-OH is 1. The number of aryl methyl sites for hydroxylation is 1. The molecule has 1 aromatic carbocycles. The van der Waals surface area contributed by atoms with Crippen molar-refractivity contribution in [1.82, 2.24) is 9.97 Å². The lowest BCUT2D eigenvalue weighted by Crippen LogP contribution is -2.09. The molecular formula is C14H15BrN2O2S. The van der Waals surface area contributed by atoms with Gasteiger partial charge in [-0.25, -0.2) is 4.98 Å². The summed E-state index contributed by atoms with van der Waals surface area (Å²) >= 11 is 4.85. The summed E-state index contributed by atoms with van der Waals surface area (Å²) in [6.07, 6.45) is 1.75. The Labute approximate surface area is 129 Å². The number of aromatic nitrogens is 2. The first kappa shape index (κ1) is 15.3. The molecule has 0 bridgehead atoms. The van der Waals surface area contributed by atoms with Crippen LogP contribution in [0.2, 0.25) is 0 Å². The van der Waals surface area contributed by atoms with E-state index in [1.54, 1.807) is 0 Å². The highest BCUT2D eigenvalue weighted by Gasteiger charge is 2.07. The zero-order valence-electron chi connectivity index (χ0n) is 11.0. The third-order valence-electron chi connectivity index (χ3n) is 2.66. The monoisotopic (exact) mass is 354 g/mol. The standard InChI is InChI=1S/C14H15BrN2O2S/c1-2-3-10-7-13(19)17-14(16-10)20-12-5-4-9(8-18)6-11(12)15/h4-7,18H,2-3,8H2,1H3,(H,16,17,19). The van der Waals surface area contributed by atoms with E-state index in [0.717, 1.165) is 33.5 Å². The van der Waals surface area contributed by atoms with Gasteiger partial charge in [0.25, 0.3) is 5.56 Å². The highest BCUT2D eigenvalue weighted by atomic mass is 79.9. The minimum Gasteiger partial charge on any atom is -0.392 e. The predicted octanol–water partition coefficient (Wildman–Crippen LogP) is 3.13. The molecule has 0 fully saturated rings. The Bertz CT molecular complexity index is 658. The van der Waals surface area contributed by atoms with Gasteiger partial charge in [0, 0.05) is 21.1 Å². The molecule has 0 aliphatic carbocycles. The average Bonchev–Trinajstić information content (AvgIpc) is 2.41. The lowest BCUT2D eigenvalue weighted by atomic mass is 10.2. The van der Waals surface area contributed by atoms with Crippen molar-refractivity contribution >= 4 is 27.7 Å². The van der Waals surface area contributed by atoms with Gasteiger partial charge in [0.1, 0.15) is 0 Å². The van der Waals surface area contributed by atoms with Crippen LogP contribution < -0.4 is 5.56 Å². The van der Waals surface area contributed by atoms with E-state index in [9.17, 15) is 4.79 Å². The van der Waals surface area contributed by atoms with Gasteiger partial charge in [-0.2, -0.15) is 0 Å². The molecule has 4 nitrogen and oxygen atoms in total. The number of halogens is 1. The Morgan fingerprint density at radius 1 is 1.40 bits per heavy atom. The number of hydrogen-bond acceptors (Lipinski definition) is 4. The second-order valence-electron chi connectivity index (χ2n) is 4.32. The molecule has 1 aromatic heterocycles. The van der Waals surface area contributed by atoms with Gasteiger partial charge < -0.3 is 10.1 Å². The van der Waals surface area contributed by atoms with E-state index in [0.29, 0.717) is 5.16 Å². The van der Waals surface area contributed by atoms with Gasteiger partial charge in [-0.1, -0.05) is 31.2 Å². The highest BCUT2D eigenvalue weighted by Crippen LogP contribution is 2.32. The van der Waals surface area contributed by atoms with E-state index < -0.39 is 0 Å². The number of aromatic amines is 1. The van der Waals surface area contributed by atoms with Crippen LogP contribution in [0.4, 0.5) is 0 Å². The van der Waals surface area contributed by atoms with Crippen LogP contribution in [-0.4, -0.2) is 15.1 Å². The van der Waals surface area contributed by atoms with Gasteiger partial charge in [-0.15, -0.1) is 0 Å². The smallest absolute Gasteiger partial charge is 0.251 e. The predicted molar refractivity (Wildman–Crippen MR) is 83.0 cm³/mol. The Balaban J connectivity index is 2.27. The SMILES string of the molecule is CCCc1cc(=O)[nH]c(Sc2ccc(CO)cc2Br)n1. The molecule has 0 aliphatic heterocycles. The first-order chi connectivity index (χ1) is 9.62. The van der Waals surface area contributed by atoms with E-state index in [1.165, 1.54) is 17.8 Å². The van der Waals surface area contributed by atoms with E-state index >= 15 is 0 Å². The van der Waals surface area contributed by atoms with Crippen molar-refractivity contribution in [1.29, 1.82) is 0 Å². The van der Waals surface area contributed by atoms with Crippen molar-refractivity contribution in [2.45, 2.75) is 36.4 Å². The first-order valence-electron chi connectivity index (χ1n) is 6.29. The maximum Gasteiger partial charge on any atom is 0.251 e. The zero-order valence-corrected chi connectivity index (χ0v) is 13.4. The van der Waals surface area contributed by atoms with Gasteiger partial charge in [-0.3, -0.25) is 4.79 Å². The second kappa shape index (κ2) is 7.06. The Morgan fingerprint density at radius 2 is 2.20 bits per heavy atom. The second-order valence-corrected chi connectivity index (χ2v) is 6.20. The molecule has 6 heteroatoms. The molecule has 1 heterocycles. The third-order valence-corrected chi connectivity index (χ3v) is 4.55. The lowest BCUT2D eigenvalue weighted by molar-refractivity contribution is 0.281. The molecule has 20 heavy (non-hydrogen) atoms. The highest BCUT2D eigenvalue weighted by molar-refractivity contribution is 9.10. The fourth-order valence-corrected chi connectivity index (χ4v) is 3.23. The molecule has 2 rings (SSSR count). The summed E-state index contributed by atoms with van der Waals surface area (Å²) in [4.78, 5) is 19.7. The summed E-state index contributed by atoms with van der Waals surface area (Å²) < 4.78 is 0.873. The number of H-pyrrole nitrogens is 1. The van der Waals surface area contributed by atoms with Crippen LogP contribution in [0, 0.1) is 0 Å². The Hall–Kier alpha value is -1.11. The van der Waals surface area contributed by atoms with E-state index in [2.05, 4.69) is 32.8 Å². The average molecular weight is 355 g/mol. The molecule has 2 aromatic rings. The summed E-state index contributed by atoms with van der Waals surface area (Å²) in [5.41, 5.74) is 1.51. The van der Waals surface area contributed by atoms with E-state index in [4.69, 9.17) is 5.11 Å². The van der Waals surface area contributed by atoms with Crippen molar-refractivity contribution < 1.29 is 5.11 Å². The first-order valence-corrected chi connectivity index (χ1v) is 7.90. The van der Waals surface area contributed by atoms with Gasteiger partial charge in [-0.05, 0) is 40.0 Å². The number of nitrogens with one attached hydrogen (secondary N) is 1. The Kier molecular flexibility index (Phi) is 5.39.